The smallest absolute Gasteiger partial charge is 0.167 e. The number of aromatic nitrogens is 3. The number of hydrogen-bond donors (Lipinski definition) is 0. The van der Waals surface area contributed by atoms with Crippen LogP contribution in [0.5, 0.6) is 0 Å². The van der Waals surface area contributed by atoms with Crippen molar-refractivity contribution in [1.82, 2.24) is 15.0 Å². The second kappa shape index (κ2) is 10.7. The van der Waals surface area contributed by atoms with E-state index in [2.05, 4.69) is 149 Å². The van der Waals surface area contributed by atoms with Gasteiger partial charge < -0.3 is 4.42 Å². The van der Waals surface area contributed by atoms with Gasteiger partial charge in [-0.05, 0) is 73.5 Å². The van der Waals surface area contributed by atoms with Gasteiger partial charge in [-0.15, -0.1) is 0 Å². The van der Waals surface area contributed by atoms with Crippen LogP contribution >= 0.6 is 0 Å². The van der Waals surface area contributed by atoms with Gasteiger partial charge in [-0.1, -0.05) is 143 Å². The molecule has 0 saturated carbocycles. The molecule has 1 aliphatic carbocycles. The van der Waals surface area contributed by atoms with Crippen molar-refractivity contribution in [3.05, 3.63) is 151 Å². The highest BCUT2D eigenvalue weighted by molar-refractivity contribution is 6.14. The van der Waals surface area contributed by atoms with E-state index >= 15 is 0 Å². The van der Waals surface area contributed by atoms with Crippen LogP contribution in [-0.2, 0) is 5.41 Å². The third-order valence-corrected chi connectivity index (χ3v) is 11.3. The lowest BCUT2D eigenvalue weighted by Crippen LogP contribution is -2.36. The van der Waals surface area contributed by atoms with Gasteiger partial charge in [-0.25, -0.2) is 15.0 Å². The molecule has 0 amide bonds. The Balaban J connectivity index is 1.23. The molecule has 0 aliphatic heterocycles. The van der Waals surface area contributed by atoms with E-state index in [1.807, 2.05) is 18.2 Å². The summed E-state index contributed by atoms with van der Waals surface area (Å²) in [4.78, 5) is 15.5. The molecular formula is C47H35N3O. The zero-order chi connectivity index (χ0) is 34.5. The molecule has 0 saturated heterocycles. The van der Waals surface area contributed by atoms with Crippen molar-refractivity contribution < 1.29 is 4.42 Å². The minimum atomic E-state index is -0.162. The second-order valence-electron chi connectivity index (χ2n) is 15.0. The van der Waals surface area contributed by atoms with Crippen LogP contribution in [0.15, 0.2) is 144 Å². The Morgan fingerprint density at radius 2 is 1.10 bits per heavy atom. The molecule has 51 heavy (non-hydrogen) atoms. The Bertz CT molecular complexity index is 2860. The number of furan rings is 1. The quantitative estimate of drug-likeness (QED) is 0.177. The molecule has 0 radical (unpaired) electrons. The fourth-order valence-corrected chi connectivity index (χ4v) is 8.34. The summed E-state index contributed by atoms with van der Waals surface area (Å²) in [6, 6.07) is 49.2. The van der Waals surface area contributed by atoms with Gasteiger partial charge in [-0.2, -0.15) is 0 Å². The topological polar surface area (TPSA) is 51.8 Å². The Hall–Kier alpha value is -6.13. The van der Waals surface area contributed by atoms with Crippen molar-refractivity contribution in [2.24, 2.45) is 5.41 Å². The van der Waals surface area contributed by atoms with Crippen molar-refractivity contribution in [3.8, 4) is 45.3 Å². The summed E-state index contributed by atoms with van der Waals surface area (Å²) in [6.07, 6.45) is 0. The molecule has 0 N–H and O–H groups in total. The summed E-state index contributed by atoms with van der Waals surface area (Å²) in [5.41, 5.74) is 9.46. The fourth-order valence-electron chi connectivity index (χ4n) is 8.34. The predicted molar refractivity (Wildman–Crippen MR) is 210 cm³/mol. The molecule has 9 aromatic rings. The van der Waals surface area contributed by atoms with E-state index in [0.717, 1.165) is 49.4 Å². The van der Waals surface area contributed by atoms with Gasteiger partial charge in [0, 0.05) is 27.3 Å². The van der Waals surface area contributed by atoms with Crippen LogP contribution in [0, 0.1) is 5.41 Å². The van der Waals surface area contributed by atoms with E-state index in [0.29, 0.717) is 17.5 Å². The molecule has 1 unspecified atom stereocenters. The number of para-hydroxylation sites is 1. The molecule has 4 nitrogen and oxygen atoms in total. The maximum atomic E-state index is 6.85. The second-order valence-corrected chi connectivity index (χ2v) is 15.0. The number of benzene rings is 7. The molecule has 0 bridgehead atoms. The fraction of sp³-hybridized carbons (Fsp3) is 0.128. The van der Waals surface area contributed by atoms with E-state index in [1.54, 1.807) is 0 Å². The monoisotopic (exact) mass is 657 g/mol. The molecule has 0 fully saturated rings. The average Bonchev–Trinajstić information content (AvgIpc) is 3.66. The number of rotatable bonds is 3. The Labute approximate surface area is 296 Å². The van der Waals surface area contributed by atoms with Crippen LogP contribution in [0.2, 0.25) is 0 Å². The molecule has 1 aliphatic rings. The average molecular weight is 658 g/mol. The molecule has 2 heterocycles. The first kappa shape index (κ1) is 29.8. The molecule has 0 spiro atoms. The van der Waals surface area contributed by atoms with E-state index in [-0.39, 0.29) is 10.8 Å². The zero-order valence-corrected chi connectivity index (χ0v) is 29.0. The van der Waals surface area contributed by atoms with Crippen LogP contribution < -0.4 is 0 Å². The third-order valence-electron chi connectivity index (χ3n) is 11.3. The normalized spacial score (nSPS) is 15.5. The van der Waals surface area contributed by atoms with Crippen LogP contribution in [0.25, 0.3) is 88.8 Å². The molecule has 244 valence electrons. The molecule has 4 heteroatoms. The minimum absolute atomic E-state index is 0.00517. The number of hydrogen-bond acceptors (Lipinski definition) is 4. The highest BCUT2D eigenvalue weighted by Crippen LogP contribution is 2.58. The van der Waals surface area contributed by atoms with Gasteiger partial charge in [0.25, 0.3) is 0 Å². The van der Waals surface area contributed by atoms with Gasteiger partial charge in [0.15, 0.2) is 17.5 Å². The maximum Gasteiger partial charge on any atom is 0.167 e. The SMILES string of the molecule is CC(C)(C)C1(C)c2ccccc2-c2cc3oc4c(-c5nc(-c6ccccc6)nc(-c6cc7ccccc7c7ccccc67)n5)cccc4c3cc21. The van der Waals surface area contributed by atoms with Gasteiger partial charge in [-0.3, -0.25) is 0 Å². The van der Waals surface area contributed by atoms with Crippen molar-refractivity contribution in [1.29, 1.82) is 0 Å². The standard InChI is InChI=1S/C47H35N3O/c1-46(2,3)47(4)39-24-13-12-21-33(39)36-27-41-37(26-40(36)47)34-22-14-23-35(42(34)51-41)44-48-43(28-15-6-5-7-16-28)49-45(50-44)38-25-29-17-8-9-18-30(29)31-19-10-11-20-32(31)38/h5-27H,1-4H3. The maximum absolute atomic E-state index is 6.85. The highest BCUT2D eigenvalue weighted by atomic mass is 16.3. The first-order valence-electron chi connectivity index (χ1n) is 17.6. The zero-order valence-electron chi connectivity index (χ0n) is 29.0. The van der Waals surface area contributed by atoms with E-state index < -0.39 is 0 Å². The van der Waals surface area contributed by atoms with Crippen molar-refractivity contribution in [2.45, 2.75) is 33.1 Å². The number of fused-ring (bicyclic) bond motifs is 9. The van der Waals surface area contributed by atoms with E-state index in [9.17, 15) is 0 Å². The summed E-state index contributed by atoms with van der Waals surface area (Å²) in [5.74, 6) is 1.83. The van der Waals surface area contributed by atoms with Crippen molar-refractivity contribution in [2.75, 3.05) is 0 Å². The predicted octanol–water partition coefficient (Wildman–Crippen LogP) is 12.4. The highest BCUT2D eigenvalue weighted by Gasteiger charge is 2.47. The van der Waals surface area contributed by atoms with Gasteiger partial charge >= 0.3 is 0 Å². The largest absolute Gasteiger partial charge is 0.455 e. The summed E-state index contributed by atoms with van der Waals surface area (Å²) < 4.78 is 6.85. The molecular weight excluding hydrogens is 623 g/mol. The summed E-state index contributed by atoms with van der Waals surface area (Å²) in [5, 5.41) is 6.78. The molecule has 7 aromatic carbocycles. The van der Waals surface area contributed by atoms with Gasteiger partial charge in [0.2, 0.25) is 0 Å². The lowest BCUT2D eigenvalue weighted by atomic mass is 9.62. The van der Waals surface area contributed by atoms with Gasteiger partial charge in [0.05, 0.1) is 5.56 Å². The molecule has 2 aromatic heterocycles. The lowest BCUT2D eigenvalue weighted by Gasteiger charge is -2.41. The summed E-state index contributed by atoms with van der Waals surface area (Å²) in [6.45, 7) is 9.42. The third kappa shape index (κ3) is 4.29. The van der Waals surface area contributed by atoms with Crippen molar-refractivity contribution in [3.63, 3.8) is 0 Å². The molecule has 1 atom stereocenters. The van der Waals surface area contributed by atoms with Crippen LogP contribution in [0.1, 0.15) is 38.8 Å². The Morgan fingerprint density at radius 1 is 0.471 bits per heavy atom. The van der Waals surface area contributed by atoms with Crippen LogP contribution in [-0.4, -0.2) is 15.0 Å². The first-order chi connectivity index (χ1) is 24.8. The van der Waals surface area contributed by atoms with Gasteiger partial charge in [0.1, 0.15) is 11.2 Å². The van der Waals surface area contributed by atoms with Crippen LogP contribution in [0.3, 0.4) is 0 Å². The summed E-state index contributed by atoms with van der Waals surface area (Å²) in [7, 11) is 0. The first-order valence-corrected chi connectivity index (χ1v) is 17.6. The summed E-state index contributed by atoms with van der Waals surface area (Å²) >= 11 is 0. The minimum Gasteiger partial charge on any atom is -0.455 e. The van der Waals surface area contributed by atoms with E-state index in [4.69, 9.17) is 19.4 Å². The number of nitrogens with zero attached hydrogens (tertiary/aromatic N) is 3. The van der Waals surface area contributed by atoms with Crippen molar-refractivity contribution >= 4 is 43.5 Å². The lowest BCUT2D eigenvalue weighted by molar-refractivity contribution is 0.255. The Morgan fingerprint density at radius 3 is 1.90 bits per heavy atom. The Kier molecular flexibility index (Phi) is 6.23. The van der Waals surface area contributed by atoms with Crippen LogP contribution in [0.4, 0.5) is 0 Å². The van der Waals surface area contributed by atoms with E-state index in [1.165, 1.54) is 33.0 Å². The molecule has 10 rings (SSSR count).